The summed E-state index contributed by atoms with van der Waals surface area (Å²) in [5, 5.41) is 19.4. The second kappa shape index (κ2) is 5.07. The SMILES string of the molecule is CCn1nnc2c1-c1ccccc1C(O)Cc1ccccc1-2. The highest BCUT2D eigenvalue weighted by Crippen LogP contribution is 2.40. The van der Waals surface area contributed by atoms with E-state index in [-0.39, 0.29) is 0 Å². The molecule has 110 valence electrons. The van der Waals surface area contributed by atoms with Crippen molar-refractivity contribution in [3.63, 3.8) is 0 Å². The molecule has 0 saturated heterocycles. The molecule has 0 bridgehead atoms. The standard InChI is InChI=1S/C18H17N3O/c1-2-21-18-15-10-6-5-9-14(15)16(22)11-12-7-3-4-8-13(12)17(18)19-20-21/h3-10,16,22H,2,11H2,1H3. The first-order chi connectivity index (χ1) is 10.8. The summed E-state index contributed by atoms with van der Waals surface area (Å²) in [6, 6.07) is 16.1. The Morgan fingerprint density at radius 2 is 1.82 bits per heavy atom. The minimum Gasteiger partial charge on any atom is -0.388 e. The predicted octanol–water partition coefficient (Wildman–Crippen LogP) is 3.22. The summed E-state index contributed by atoms with van der Waals surface area (Å²) < 4.78 is 1.91. The number of rotatable bonds is 1. The van der Waals surface area contributed by atoms with Crippen LogP contribution in [-0.4, -0.2) is 20.1 Å². The van der Waals surface area contributed by atoms with Crippen LogP contribution < -0.4 is 0 Å². The Bertz CT molecular complexity index is 838. The molecule has 22 heavy (non-hydrogen) atoms. The Balaban J connectivity index is 2.10. The van der Waals surface area contributed by atoms with Gasteiger partial charge in [-0.3, -0.25) is 0 Å². The average molecular weight is 291 g/mol. The topological polar surface area (TPSA) is 50.9 Å². The molecule has 0 saturated carbocycles. The number of nitrogens with zero attached hydrogens (tertiary/aromatic N) is 3. The summed E-state index contributed by atoms with van der Waals surface area (Å²) in [6.07, 6.45) is 0.0664. The summed E-state index contributed by atoms with van der Waals surface area (Å²) in [5.41, 5.74) is 6.02. The molecule has 1 heterocycles. The van der Waals surface area contributed by atoms with Gasteiger partial charge in [0, 0.05) is 24.1 Å². The van der Waals surface area contributed by atoms with Gasteiger partial charge in [-0.15, -0.1) is 5.10 Å². The number of fused-ring (bicyclic) bond motifs is 5. The minimum absolute atomic E-state index is 0.522. The molecule has 0 amide bonds. The van der Waals surface area contributed by atoms with Gasteiger partial charge in [-0.05, 0) is 18.1 Å². The summed E-state index contributed by atoms with van der Waals surface area (Å²) in [5.74, 6) is 0. The zero-order valence-corrected chi connectivity index (χ0v) is 12.4. The van der Waals surface area contributed by atoms with Crippen molar-refractivity contribution in [2.75, 3.05) is 0 Å². The lowest BCUT2D eigenvalue weighted by Crippen LogP contribution is -2.10. The monoisotopic (exact) mass is 291 g/mol. The largest absolute Gasteiger partial charge is 0.388 e. The third-order valence-corrected chi connectivity index (χ3v) is 4.30. The van der Waals surface area contributed by atoms with E-state index in [0.29, 0.717) is 6.42 Å². The van der Waals surface area contributed by atoms with Crippen LogP contribution in [0.15, 0.2) is 48.5 Å². The van der Waals surface area contributed by atoms with E-state index >= 15 is 0 Å². The number of aliphatic hydroxyl groups excluding tert-OH is 1. The molecule has 1 unspecified atom stereocenters. The highest BCUT2D eigenvalue weighted by Gasteiger charge is 2.26. The smallest absolute Gasteiger partial charge is 0.121 e. The van der Waals surface area contributed by atoms with Gasteiger partial charge in [-0.25, -0.2) is 4.68 Å². The zero-order valence-electron chi connectivity index (χ0n) is 12.4. The van der Waals surface area contributed by atoms with Crippen LogP contribution in [0.1, 0.15) is 24.2 Å². The maximum Gasteiger partial charge on any atom is 0.121 e. The van der Waals surface area contributed by atoms with Gasteiger partial charge in [0.15, 0.2) is 0 Å². The van der Waals surface area contributed by atoms with Gasteiger partial charge in [0.2, 0.25) is 0 Å². The first kappa shape index (κ1) is 13.2. The molecule has 1 aromatic heterocycles. The predicted molar refractivity (Wildman–Crippen MR) is 85.2 cm³/mol. The highest BCUT2D eigenvalue weighted by molar-refractivity contribution is 5.82. The van der Waals surface area contributed by atoms with Gasteiger partial charge in [-0.2, -0.15) is 0 Å². The van der Waals surface area contributed by atoms with Crippen molar-refractivity contribution >= 4 is 0 Å². The second-order valence-corrected chi connectivity index (χ2v) is 5.57. The molecule has 1 atom stereocenters. The van der Waals surface area contributed by atoms with E-state index in [1.165, 1.54) is 0 Å². The number of aryl methyl sites for hydroxylation is 1. The Morgan fingerprint density at radius 3 is 2.64 bits per heavy atom. The lowest BCUT2D eigenvalue weighted by Gasteiger charge is -2.21. The molecule has 4 rings (SSSR count). The van der Waals surface area contributed by atoms with Gasteiger partial charge in [0.25, 0.3) is 0 Å². The van der Waals surface area contributed by atoms with Gasteiger partial charge in [-0.1, -0.05) is 53.7 Å². The molecule has 4 nitrogen and oxygen atoms in total. The van der Waals surface area contributed by atoms with Crippen molar-refractivity contribution in [3.05, 3.63) is 59.7 Å². The van der Waals surface area contributed by atoms with E-state index < -0.39 is 6.10 Å². The van der Waals surface area contributed by atoms with E-state index in [1.54, 1.807) is 0 Å². The molecule has 0 radical (unpaired) electrons. The van der Waals surface area contributed by atoms with Crippen molar-refractivity contribution in [2.45, 2.75) is 26.0 Å². The van der Waals surface area contributed by atoms with Crippen LogP contribution in [0.4, 0.5) is 0 Å². The van der Waals surface area contributed by atoms with Gasteiger partial charge < -0.3 is 5.11 Å². The van der Waals surface area contributed by atoms with Crippen LogP contribution in [0, 0.1) is 0 Å². The normalized spacial score (nSPS) is 16.2. The fraction of sp³-hybridized carbons (Fsp3) is 0.222. The van der Waals surface area contributed by atoms with Crippen LogP contribution in [0.2, 0.25) is 0 Å². The molecule has 1 aliphatic carbocycles. The molecular weight excluding hydrogens is 274 g/mol. The van der Waals surface area contributed by atoms with Crippen LogP contribution >= 0.6 is 0 Å². The van der Waals surface area contributed by atoms with E-state index in [1.807, 2.05) is 41.1 Å². The van der Waals surface area contributed by atoms with E-state index in [2.05, 4.69) is 29.4 Å². The summed E-state index contributed by atoms with van der Waals surface area (Å²) in [7, 11) is 0. The van der Waals surface area contributed by atoms with E-state index in [9.17, 15) is 5.11 Å². The molecule has 3 aromatic rings. The average Bonchev–Trinajstić information content (AvgIpc) is 2.97. The summed E-state index contributed by atoms with van der Waals surface area (Å²) >= 11 is 0. The fourth-order valence-electron chi connectivity index (χ4n) is 3.23. The Hall–Kier alpha value is -2.46. The van der Waals surface area contributed by atoms with E-state index in [4.69, 9.17) is 0 Å². The molecule has 4 heteroatoms. The molecule has 0 spiro atoms. The first-order valence-corrected chi connectivity index (χ1v) is 7.58. The number of hydrogen-bond donors (Lipinski definition) is 1. The third-order valence-electron chi connectivity index (χ3n) is 4.30. The summed E-state index contributed by atoms with van der Waals surface area (Å²) in [6.45, 7) is 2.80. The van der Waals surface area contributed by atoms with Crippen LogP contribution in [0.25, 0.3) is 22.5 Å². The molecular formula is C18H17N3O. The molecule has 1 aliphatic rings. The summed E-state index contributed by atoms with van der Waals surface area (Å²) in [4.78, 5) is 0. The number of aromatic nitrogens is 3. The van der Waals surface area contributed by atoms with Crippen molar-refractivity contribution in [1.82, 2.24) is 15.0 Å². The zero-order chi connectivity index (χ0) is 15.1. The minimum atomic E-state index is -0.522. The van der Waals surface area contributed by atoms with Gasteiger partial charge in [0.05, 0.1) is 11.8 Å². The molecule has 1 N–H and O–H groups in total. The van der Waals surface area contributed by atoms with Crippen LogP contribution in [0.5, 0.6) is 0 Å². The molecule has 2 aromatic carbocycles. The number of benzene rings is 2. The Labute approximate surface area is 129 Å². The maximum atomic E-state index is 10.7. The van der Waals surface area contributed by atoms with Crippen LogP contribution in [0.3, 0.4) is 0 Å². The number of aliphatic hydroxyl groups is 1. The first-order valence-electron chi connectivity index (χ1n) is 7.58. The van der Waals surface area contributed by atoms with Gasteiger partial charge in [0.1, 0.15) is 5.69 Å². The molecule has 0 aliphatic heterocycles. The number of hydrogen-bond acceptors (Lipinski definition) is 3. The third kappa shape index (κ3) is 1.88. The van der Waals surface area contributed by atoms with Crippen molar-refractivity contribution in [3.8, 4) is 22.5 Å². The fourth-order valence-corrected chi connectivity index (χ4v) is 3.23. The van der Waals surface area contributed by atoms with Crippen LogP contribution in [-0.2, 0) is 13.0 Å². The Kier molecular flexibility index (Phi) is 3.05. The van der Waals surface area contributed by atoms with Crippen molar-refractivity contribution < 1.29 is 5.11 Å². The lowest BCUT2D eigenvalue weighted by molar-refractivity contribution is 0.179. The lowest BCUT2D eigenvalue weighted by atomic mass is 9.88. The Morgan fingerprint density at radius 1 is 1.09 bits per heavy atom. The van der Waals surface area contributed by atoms with Gasteiger partial charge >= 0.3 is 0 Å². The quantitative estimate of drug-likeness (QED) is 0.749. The van der Waals surface area contributed by atoms with Crippen molar-refractivity contribution in [1.29, 1.82) is 0 Å². The second-order valence-electron chi connectivity index (χ2n) is 5.57. The maximum absolute atomic E-state index is 10.7. The highest BCUT2D eigenvalue weighted by atomic mass is 16.3. The van der Waals surface area contributed by atoms with Crippen molar-refractivity contribution in [2.24, 2.45) is 0 Å². The van der Waals surface area contributed by atoms with E-state index in [0.717, 1.165) is 40.2 Å². The molecule has 0 fully saturated rings.